The topological polar surface area (TPSA) is 45.2 Å². The predicted octanol–water partition coefficient (Wildman–Crippen LogP) is 3.57. The van der Waals surface area contributed by atoms with Gasteiger partial charge in [-0.05, 0) is 24.6 Å². The molecule has 0 fully saturated rings. The summed E-state index contributed by atoms with van der Waals surface area (Å²) in [5.74, 6) is 0.00130. The van der Waals surface area contributed by atoms with Crippen LogP contribution in [-0.2, 0) is 0 Å². The van der Waals surface area contributed by atoms with Crippen LogP contribution in [-0.4, -0.2) is 24.5 Å². The fourth-order valence-electron chi connectivity index (χ4n) is 2.20. The standard InChI is InChI=1S/C17H21N3O/c1-3-4-12-20(14-8-6-5-7-9-14)17(21)15-10-11-19-13-16(15)18-2/h5-11,13,18H,3-4,12H2,1-2H3. The number of aromatic nitrogens is 1. The van der Waals surface area contributed by atoms with Gasteiger partial charge < -0.3 is 10.2 Å². The number of para-hydroxylation sites is 1. The first-order valence-electron chi connectivity index (χ1n) is 7.26. The molecule has 0 aliphatic rings. The third-order valence-corrected chi connectivity index (χ3v) is 3.37. The Hall–Kier alpha value is -2.36. The molecule has 0 aliphatic carbocycles. The highest BCUT2D eigenvalue weighted by molar-refractivity contribution is 6.09. The van der Waals surface area contributed by atoms with Crippen LogP contribution in [0.5, 0.6) is 0 Å². The van der Waals surface area contributed by atoms with Crippen LogP contribution in [0, 0.1) is 0 Å². The average molecular weight is 283 g/mol. The van der Waals surface area contributed by atoms with E-state index >= 15 is 0 Å². The monoisotopic (exact) mass is 283 g/mol. The van der Waals surface area contributed by atoms with Crippen LogP contribution in [0.15, 0.2) is 48.8 Å². The van der Waals surface area contributed by atoms with E-state index < -0.39 is 0 Å². The molecule has 4 heteroatoms. The SMILES string of the molecule is CCCCN(C(=O)c1ccncc1NC)c1ccccc1. The minimum absolute atomic E-state index is 0.00130. The lowest BCUT2D eigenvalue weighted by atomic mass is 10.1. The van der Waals surface area contributed by atoms with Crippen molar-refractivity contribution < 1.29 is 4.79 Å². The lowest BCUT2D eigenvalue weighted by Crippen LogP contribution is -2.32. The summed E-state index contributed by atoms with van der Waals surface area (Å²) in [6, 6.07) is 11.6. The van der Waals surface area contributed by atoms with E-state index in [1.807, 2.05) is 35.2 Å². The molecule has 1 N–H and O–H groups in total. The highest BCUT2D eigenvalue weighted by Crippen LogP contribution is 2.21. The van der Waals surface area contributed by atoms with Crippen molar-refractivity contribution >= 4 is 17.3 Å². The average Bonchev–Trinajstić information content (AvgIpc) is 2.56. The van der Waals surface area contributed by atoms with Gasteiger partial charge >= 0.3 is 0 Å². The number of nitrogens with one attached hydrogen (secondary N) is 1. The van der Waals surface area contributed by atoms with Crippen molar-refractivity contribution in [1.29, 1.82) is 0 Å². The maximum Gasteiger partial charge on any atom is 0.260 e. The fraction of sp³-hybridized carbons (Fsp3) is 0.294. The second kappa shape index (κ2) is 7.43. The second-order valence-corrected chi connectivity index (χ2v) is 4.82. The number of carbonyl (C=O) groups is 1. The highest BCUT2D eigenvalue weighted by atomic mass is 16.2. The van der Waals surface area contributed by atoms with Crippen LogP contribution >= 0.6 is 0 Å². The molecule has 0 unspecified atom stereocenters. The summed E-state index contributed by atoms with van der Waals surface area (Å²) in [4.78, 5) is 18.8. The lowest BCUT2D eigenvalue weighted by molar-refractivity contribution is 0.0987. The van der Waals surface area contributed by atoms with Gasteiger partial charge in [0, 0.05) is 25.5 Å². The highest BCUT2D eigenvalue weighted by Gasteiger charge is 2.19. The zero-order valence-electron chi connectivity index (χ0n) is 12.5. The van der Waals surface area contributed by atoms with Crippen molar-refractivity contribution in [2.45, 2.75) is 19.8 Å². The van der Waals surface area contributed by atoms with Gasteiger partial charge in [-0.3, -0.25) is 9.78 Å². The first kappa shape index (κ1) is 15.0. The number of anilines is 2. The summed E-state index contributed by atoms with van der Waals surface area (Å²) >= 11 is 0. The maximum atomic E-state index is 12.9. The van der Waals surface area contributed by atoms with Gasteiger partial charge in [0.2, 0.25) is 0 Å². The Morgan fingerprint density at radius 3 is 2.67 bits per heavy atom. The number of carbonyl (C=O) groups excluding carboxylic acids is 1. The zero-order chi connectivity index (χ0) is 15.1. The number of nitrogens with zero attached hydrogens (tertiary/aromatic N) is 2. The molecule has 21 heavy (non-hydrogen) atoms. The van der Waals surface area contributed by atoms with Crippen LogP contribution < -0.4 is 10.2 Å². The lowest BCUT2D eigenvalue weighted by Gasteiger charge is -2.23. The van der Waals surface area contributed by atoms with E-state index in [1.165, 1.54) is 0 Å². The molecular formula is C17H21N3O. The van der Waals surface area contributed by atoms with Gasteiger partial charge in [-0.2, -0.15) is 0 Å². The van der Waals surface area contributed by atoms with Crippen molar-refractivity contribution in [3.8, 4) is 0 Å². The Kier molecular flexibility index (Phi) is 5.32. The molecule has 1 heterocycles. The largest absolute Gasteiger partial charge is 0.386 e. The van der Waals surface area contributed by atoms with Gasteiger partial charge in [0.1, 0.15) is 0 Å². The molecule has 1 aromatic heterocycles. The van der Waals surface area contributed by atoms with Gasteiger partial charge in [0.05, 0.1) is 17.4 Å². The normalized spacial score (nSPS) is 10.2. The van der Waals surface area contributed by atoms with E-state index in [1.54, 1.807) is 25.5 Å². The Morgan fingerprint density at radius 1 is 1.24 bits per heavy atom. The van der Waals surface area contributed by atoms with Gasteiger partial charge in [-0.15, -0.1) is 0 Å². The molecule has 0 aliphatic heterocycles. The zero-order valence-corrected chi connectivity index (χ0v) is 12.5. The Labute approximate surface area is 125 Å². The van der Waals surface area contributed by atoms with Gasteiger partial charge in [0.25, 0.3) is 5.91 Å². The molecule has 4 nitrogen and oxygen atoms in total. The molecule has 0 saturated carbocycles. The summed E-state index contributed by atoms with van der Waals surface area (Å²) in [6.45, 7) is 2.84. The quantitative estimate of drug-likeness (QED) is 0.881. The van der Waals surface area contributed by atoms with E-state index in [-0.39, 0.29) is 5.91 Å². The van der Waals surface area contributed by atoms with Crippen LogP contribution in [0.3, 0.4) is 0 Å². The number of hydrogen-bond acceptors (Lipinski definition) is 3. The molecule has 1 amide bonds. The van der Waals surface area contributed by atoms with Crippen LogP contribution in [0.1, 0.15) is 30.1 Å². The van der Waals surface area contributed by atoms with Gasteiger partial charge in [-0.25, -0.2) is 0 Å². The summed E-state index contributed by atoms with van der Waals surface area (Å²) in [5, 5.41) is 3.03. The van der Waals surface area contributed by atoms with Gasteiger partial charge in [-0.1, -0.05) is 31.5 Å². The van der Waals surface area contributed by atoms with Crippen molar-refractivity contribution in [2.24, 2.45) is 0 Å². The van der Waals surface area contributed by atoms with E-state index in [4.69, 9.17) is 0 Å². The number of pyridine rings is 1. The molecular weight excluding hydrogens is 262 g/mol. The number of unbranched alkanes of at least 4 members (excludes halogenated alkanes) is 1. The first-order chi connectivity index (χ1) is 10.3. The number of rotatable bonds is 6. The number of hydrogen-bond donors (Lipinski definition) is 1. The Morgan fingerprint density at radius 2 is 2.00 bits per heavy atom. The van der Waals surface area contributed by atoms with Crippen molar-refractivity contribution in [1.82, 2.24) is 4.98 Å². The third kappa shape index (κ3) is 3.60. The number of benzene rings is 1. The smallest absolute Gasteiger partial charge is 0.260 e. The molecule has 110 valence electrons. The maximum absolute atomic E-state index is 12.9. The van der Waals surface area contributed by atoms with Crippen molar-refractivity contribution in [2.75, 3.05) is 23.8 Å². The molecule has 0 saturated heterocycles. The molecule has 2 aromatic rings. The van der Waals surface area contributed by atoms with E-state index in [0.717, 1.165) is 24.2 Å². The fourth-order valence-corrected chi connectivity index (χ4v) is 2.20. The third-order valence-electron chi connectivity index (χ3n) is 3.37. The minimum atomic E-state index is 0.00130. The number of amides is 1. The summed E-state index contributed by atoms with van der Waals surface area (Å²) in [7, 11) is 1.80. The van der Waals surface area contributed by atoms with E-state index in [9.17, 15) is 4.79 Å². The molecule has 0 radical (unpaired) electrons. The summed E-state index contributed by atoms with van der Waals surface area (Å²) in [6.07, 6.45) is 5.35. The van der Waals surface area contributed by atoms with Crippen molar-refractivity contribution in [3.05, 3.63) is 54.4 Å². The van der Waals surface area contributed by atoms with Crippen LogP contribution in [0.4, 0.5) is 11.4 Å². The summed E-state index contributed by atoms with van der Waals surface area (Å²) in [5.41, 5.74) is 2.32. The Bertz CT molecular complexity index is 584. The molecule has 0 spiro atoms. The van der Waals surface area contributed by atoms with E-state index in [2.05, 4.69) is 17.2 Å². The predicted molar refractivity (Wildman–Crippen MR) is 86.8 cm³/mol. The van der Waals surface area contributed by atoms with Crippen LogP contribution in [0.2, 0.25) is 0 Å². The van der Waals surface area contributed by atoms with Gasteiger partial charge in [0.15, 0.2) is 0 Å². The summed E-state index contributed by atoms with van der Waals surface area (Å²) < 4.78 is 0. The molecule has 0 atom stereocenters. The minimum Gasteiger partial charge on any atom is -0.386 e. The Balaban J connectivity index is 2.34. The van der Waals surface area contributed by atoms with E-state index in [0.29, 0.717) is 12.1 Å². The first-order valence-corrected chi connectivity index (χ1v) is 7.26. The second-order valence-electron chi connectivity index (χ2n) is 4.82. The molecule has 2 rings (SSSR count). The van der Waals surface area contributed by atoms with Crippen LogP contribution in [0.25, 0.3) is 0 Å². The van der Waals surface area contributed by atoms with Crippen molar-refractivity contribution in [3.63, 3.8) is 0 Å². The molecule has 1 aromatic carbocycles. The molecule has 0 bridgehead atoms.